The van der Waals surface area contributed by atoms with E-state index in [2.05, 4.69) is 61.5 Å². The van der Waals surface area contributed by atoms with Gasteiger partial charge in [0.05, 0.1) is 6.54 Å². The van der Waals surface area contributed by atoms with E-state index in [0.717, 1.165) is 60.1 Å². The van der Waals surface area contributed by atoms with Crippen molar-refractivity contribution in [3.8, 4) is 22.5 Å². The molecule has 1 saturated carbocycles. The Labute approximate surface area is 206 Å². The van der Waals surface area contributed by atoms with E-state index in [1.165, 1.54) is 50.5 Å². The molecule has 3 heterocycles. The normalized spacial score (nSPS) is 14.4. The molecule has 4 aromatic rings. The molecule has 1 fully saturated rings. The minimum atomic E-state index is 0.635. The molecule has 1 aromatic carbocycles. The number of benzene rings is 1. The van der Waals surface area contributed by atoms with Gasteiger partial charge in [0.2, 0.25) is 0 Å². The highest BCUT2D eigenvalue weighted by atomic mass is 15.5. The molecule has 0 atom stereocenters. The number of aromatic nitrogens is 8. The summed E-state index contributed by atoms with van der Waals surface area (Å²) in [7, 11) is 0. The summed E-state index contributed by atoms with van der Waals surface area (Å²) in [5, 5.41) is 19.3. The van der Waals surface area contributed by atoms with Crippen LogP contribution in [-0.4, -0.2) is 40.4 Å². The summed E-state index contributed by atoms with van der Waals surface area (Å²) in [6.07, 6.45) is 16.0. The predicted octanol–water partition coefficient (Wildman–Crippen LogP) is 5.42. The Morgan fingerprint density at radius 3 is 2.63 bits per heavy atom. The van der Waals surface area contributed by atoms with E-state index in [1.54, 1.807) is 6.20 Å². The van der Waals surface area contributed by atoms with Gasteiger partial charge < -0.3 is 0 Å². The number of rotatable bonds is 10. The SMILES string of the molecule is CCCCCc1nc(CC2CCCCC2)nn1Cc1ccc(-c2cnccc2-c2nnn[nH]2)cc1. The molecule has 182 valence electrons. The average molecular weight is 471 g/mol. The quantitative estimate of drug-likeness (QED) is 0.311. The zero-order valence-corrected chi connectivity index (χ0v) is 20.5. The minimum Gasteiger partial charge on any atom is -0.264 e. The van der Waals surface area contributed by atoms with Gasteiger partial charge in [0.1, 0.15) is 5.82 Å². The highest BCUT2D eigenvalue weighted by Crippen LogP contribution is 2.29. The van der Waals surface area contributed by atoms with Crippen molar-refractivity contribution < 1.29 is 0 Å². The maximum Gasteiger partial charge on any atom is 0.180 e. The number of nitrogens with one attached hydrogen (secondary N) is 1. The Kier molecular flexibility index (Phi) is 7.56. The van der Waals surface area contributed by atoms with Crippen LogP contribution in [0.3, 0.4) is 0 Å². The Bertz CT molecular complexity index is 1190. The first kappa shape index (κ1) is 23.3. The first-order valence-electron chi connectivity index (χ1n) is 13.0. The van der Waals surface area contributed by atoms with Crippen molar-refractivity contribution >= 4 is 0 Å². The van der Waals surface area contributed by atoms with Crippen LogP contribution in [0, 0.1) is 5.92 Å². The molecule has 0 bridgehead atoms. The molecule has 0 aliphatic heterocycles. The van der Waals surface area contributed by atoms with Crippen LogP contribution in [0.15, 0.2) is 42.7 Å². The van der Waals surface area contributed by atoms with E-state index in [0.29, 0.717) is 5.82 Å². The van der Waals surface area contributed by atoms with E-state index in [-0.39, 0.29) is 0 Å². The minimum absolute atomic E-state index is 0.635. The van der Waals surface area contributed by atoms with E-state index in [1.807, 2.05) is 12.3 Å². The fraction of sp³-hybridized carbons (Fsp3) is 0.481. The summed E-state index contributed by atoms with van der Waals surface area (Å²) in [5.74, 6) is 3.54. The van der Waals surface area contributed by atoms with E-state index < -0.39 is 0 Å². The van der Waals surface area contributed by atoms with Gasteiger partial charge in [-0.25, -0.2) is 14.8 Å². The number of unbranched alkanes of at least 4 members (excludes halogenated alkanes) is 2. The monoisotopic (exact) mass is 470 g/mol. The van der Waals surface area contributed by atoms with Crippen LogP contribution in [0.5, 0.6) is 0 Å². The summed E-state index contributed by atoms with van der Waals surface area (Å²) >= 11 is 0. The summed E-state index contributed by atoms with van der Waals surface area (Å²) in [5.41, 5.74) is 4.22. The largest absolute Gasteiger partial charge is 0.264 e. The number of hydrogen-bond acceptors (Lipinski definition) is 6. The molecule has 35 heavy (non-hydrogen) atoms. The third kappa shape index (κ3) is 5.81. The molecule has 1 aliphatic carbocycles. The van der Waals surface area contributed by atoms with Crippen LogP contribution in [0.4, 0.5) is 0 Å². The van der Waals surface area contributed by atoms with Gasteiger partial charge in [-0.3, -0.25) is 4.98 Å². The molecule has 0 amide bonds. The Balaban J connectivity index is 1.34. The number of hydrogen-bond donors (Lipinski definition) is 1. The highest BCUT2D eigenvalue weighted by Gasteiger charge is 2.18. The lowest BCUT2D eigenvalue weighted by Gasteiger charge is -2.19. The van der Waals surface area contributed by atoms with Crippen LogP contribution in [0.1, 0.15) is 75.5 Å². The van der Waals surface area contributed by atoms with Crippen molar-refractivity contribution in [3.05, 3.63) is 59.9 Å². The summed E-state index contributed by atoms with van der Waals surface area (Å²) < 4.78 is 2.14. The van der Waals surface area contributed by atoms with Crippen LogP contribution < -0.4 is 0 Å². The average Bonchev–Trinajstić information content (AvgIpc) is 3.56. The van der Waals surface area contributed by atoms with Gasteiger partial charge in [0, 0.05) is 36.4 Å². The second-order valence-corrected chi connectivity index (χ2v) is 9.64. The molecule has 0 saturated heterocycles. The molecular weight excluding hydrogens is 436 g/mol. The van der Waals surface area contributed by atoms with Crippen molar-refractivity contribution in [1.29, 1.82) is 0 Å². The number of H-pyrrole nitrogens is 1. The van der Waals surface area contributed by atoms with E-state index >= 15 is 0 Å². The van der Waals surface area contributed by atoms with E-state index in [9.17, 15) is 0 Å². The fourth-order valence-electron chi connectivity index (χ4n) is 5.07. The standard InChI is InChI=1S/C27H34N8/c1-2-3-5-10-26-29-25(17-20-8-6-4-7-9-20)32-35(26)19-21-11-13-22(14-12-21)24-18-28-16-15-23(24)27-30-33-34-31-27/h11-16,18,20H,2-10,17,19H2,1H3,(H,30,31,33,34). The van der Waals surface area contributed by atoms with Gasteiger partial charge in [-0.2, -0.15) is 5.10 Å². The number of nitrogens with zero attached hydrogens (tertiary/aromatic N) is 7. The smallest absolute Gasteiger partial charge is 0.180 e. The van der Waals surface area contributed by atoms with Crippen molar-refractivity contribution in [1.82, 2.24) is 40.4 Å². The molecular formula is C27H34N8. The van der Waals surface area contributed by atoms with Crippen LogP contribution in [0.2, 0.25) is 0 Å². The van der Waals surface area contributed by atoms with Crippen LogP contribution in [0.25, 0.3) is 22.5 Å². The van der Waals surface area contributed by atoms with Crippen molar-refractivity contribution in [2.45, 2.75) is 77.7 Å². The molecule has 0 spiro atoms. The number of aryl methyl sites for hydroxylation is 1. The lowest BCUT2D eigenvalue weighted by atomic mass is 9.87. The van der Waals surface area contributed by atoms with E-state index in [4.69, 9.17) is 10.1 Å². The number of tetrazole rings is 1. The van der Waals surface area contributed by atoms with Gasteiger partial charge in [-0.1, -0.05) is 76.1 Å². The zero-order chi connectivity index (χ0) is 23.9. The molecule has 3 aromatic heterocycles. The Hall–Kier alpha value is -3.42. The first-order chi connectivity index (χ1) is 17.3. The third-order valence-corrected chi connectivity index (χ3v) is 7.01. The molecule has 0 radical (unpaired) electrons. The van der Waals surface area contributed by atoms with Crippen molar-refractivity contribution in [2.75, 3.05) is 0 Å². The fourth-order valence-corrected chi connectivity index (χ4v) is 5.07. The lowest BCUT2D eigenvalue weighted by molar-refractivity contribution is 0.351. The van der Waals surface area contributed by atoms with Crippen molar-refractivity contribution in [2.24, 2.45) is 5.92 Å². The third-order valence-electron chi connectivity index (χ3n) is 7.01. The first-order valence-corrected chi connectivity index (χ1v) is 13.0. The Morgan fingerprint density at radius 1 is 1.00 bits per heavy atom. The summed E-state index contributed by atoms with van der Waals surface area (Å²) in [6, 6.07) is 10.5. The maximum absolute atomic E-state index is 5.00. The number of pyridine rings is 1. The van der Waals surface area contributed by atoms with Gasteiger partial charge in [0.15, 0.2) is 11.6 Å². The van der Waals surface area contributed by atoms with Crippen LogP contribution >= 0.6 is 0 Å². The molecule has 1 N–H and O–H groups in total. The van der Waals surface area contributed by atoms with Gasteiger partial charge in [-0.05, 0) is 40.0 Å². The summed E-state index contributed by atoms with van der Waals surface area (Å²) in [6.45, 7) is 2.98. The van der Waals surface area contributed by atoms with Crippen LogP contribution in [-0.2, 0) is 19.4 Å². The number of aromatic amines is 1. The van der Waals surface area contributed by atoms with Gasteiger partial charge >= 0.3 is 0 Å². The van der Waals surface area contributed by atoms with Gasteiger partial charge in [0.25, 0.3) is 0 Å². The maximum atomic E-state index is 5.00. The topological polar surface area (TPSA) is 98.1 Å². The van der Waals surface area contributed by atoms with Gasteiger partial charge in [-0.15, -0.1) is 5.10 Å². The lowest BCUT2D eigenvalue weighted by Crippen LogP contribution is -2.11. The molecule has 8 heteroatoms. The molecule has 5 rings (SSSR count). The highest BCUT2D eigenvalue weighted by molar-refractivity contribution is 5.79. The molecule has 0 unspecified atom stereocenters. The van der Waals surface area contributed by atoms with Crippen molar-refractivity contribution in [3.63, 3.8) is 0 Å². The molecule has 8 nitrogen and oxygen atoms in total. The predicted molar refractivity (Wildman–Crippen MR) is 135 cm³/mol. The second-order valence-electron chi connectivity index (χ2n) is 9.64. The Morgan fingerprint density at radius 2 is 1.86 bits per heavy atom. The second kappa shape index (κ2) is 11.3. The molecule has 1 aliphatic rings. The summed E-state index contributed by atoms with van der Waals surface area (Å²) in [4.78, 5) is 9.31. The zero-order valence-electron chi connectivity index (χ0n) is 20.5.